The number of carbonyl (C=O) groups excluding carboxylic acids is 2. The highest BCUT2D eigenvalue weighted by atomic mass is 16.5. The first-order valence-corrected chi connectivity index (χ1v) is 7.83. The number of hydrogen-bond donors (Lipinski definition) is 1. The molecule has 1 amide bonds. The quantitative estimate of drug-likeness (QED) is 0.838. The monoisotopic (exact) mass is 320 g/mol. The van der Waals surface area contributed by atoms with Crippen LogP contribution in [0.5, 0.6) is 0 Å². The number of amides is 1. The Bertz CT molecular complexity index is 521. The maximum absolute atomic E-state index is 11.9. The van der Waals surface area contributed by atoms with Gasteiger partial charge in [0.15, 0.2) is 0 Å². The molecular weight excluding hydrogens is 296 g/mol. The molecule has 0 aliphatic carbocycles. The van der Waals surface area contributed by atoms with Crippen LogP contribution in [-0.4, -0.2) is 49.7 Å². The number of carbonyl (C=O) groups is 2. The van der Waals surface area contributed by atoms with Gasteiger partial charge >= 0.3 is 12.1 Å². The number of ether oxygens (including phenoxy) is 2. The Morgan fingerprint density at radius 1 is 1.26 bits per heavy atom. The number of esters is 1. The Hall–Kier alpha value is -2.08. The second-order valence-electron chi connectivity index (χ2n) is 6.01. The Kier molecular flexibility index (Phi) is 6.40. The zero-order valence-electron chi connectivity index (χ0n) is 13.7. The molecule has 126 valence electrons. The highest BCUT2D eigenvalue weighted by Gasteiger charge is 2.27. The van der Waals surface area contributed by atoms with Gasteiger partial charge in [-0.1, -0.05) is 37.3 Å². The van der Waals surface area contributed by atoms with Gasteiger partial charge in [-0.25, -0.2) is 4.79 Å². The molecule has 0 aromatic heterocycles. The van der Waals surface area contributed by atoms with Gasteiger partial charge in [0.1, 0.15) is 6.61 Å². The smallest absolute Gasteiger partial charge is 0.407 e. The van der Waals surface area contributed by atoms with Crippen LogP contribution in [0.4, 0.5) is 4.79 Å². The molecule has 1 saturated heterocycles. The van der Waals surface area contributed by atoms with Gasteiger partial charge in [0.25, 0.3) is 0 Å². The highest BCUT2D eigenvalue weighted by molar-refractivity contribution is 5.71. The fourth-order valence-electron chi connectivity index (χ4n) is 2.87. The third-order valence-corrected chi connectivity index (χ3v) is 3.85. The second-order valence-corrected chi connectivity index (χ2v) is 6.01. The zero-order chi connectivity index (χ0) is 16.7. The van der Waals surface area contributed by atoms with Gasteiger partial charge in [-0.15, -0.1) is 0 Å². The number of benzene rings is 1. The maximum Gasteiger partial charge on any atom is 0.407 e. The Balaban J connectivity index is 1.78. The van der Waals surface area contributed by atoms with Crippen molar-refractivity contribution in [2.24, 2.45) is 5.92 Å². The molecule has 0 radical (unpaired) electrons. The summed E-state index contributed by atoms with van der Waals surface area (Å²) >= 11 is 0. The lowest BCUT2D eigenvalue weighted by atomic mass is 9.96. The van der Waals surface area contributed by atoms with Crippen LogP contribution < -0.4 is 5.32 Å². The Morgan fingerprint density at radius 2 is 2.00 bits per heavy atom. The molecule has 0 bridgehead atoms. The largest absolute Gasteiger partial charge is 0.468 e. The van der Waals surface area contributed by atoms with Gasteiger partial charge in [0, 0.05) is 19.1 Å². The molecule has 1 aromatic rings. The van der Waals surface area contributed by atoms with E-state index in [1.807, 2.05) is 35.2 Å². The number of piperidine rings is 1. The van der Waals surface area contributed by atoms with Crippen molar-refractivity contribution in [2.45, 2.75) is 26.0 Å². The summed E-state index contributed by atoms with van der Waals surface area (Å²) in [6.45, 7) is 4.05. The van der Waals surface area contributed by atoms with E-state index in [1.165, 1.54) is 7.11 Å². The van der Waals surface area contributed by atoms with E-state index in [0.29, 0.717) is 12.5 Å². The summed E-state index contributed by atoms with van der Waals surface area (Å²) < 4.78 is 9.94. The van der Waals surface area contributed by atoms with Crippen molar-refractivity contribution in [3.05, 3.63) is 35.9 Å². The fraction of sp³-hybridized carbons (Fsp3) is 0.529. The molecule has 1 heterocycles. The molecule has 0 saturated carbocycles. The van der Waals surface area contributed by atoms with E-state index in [-0.39, 0.29) is 25.2 Å². The first-order chi connectivity index (χ1) is 11.1. The van der Waals surface area contributed by atoms with Crippen LogP contribution in [-0.2, 0) is 20.9 Å². The number of likely N-dealkylation sites (tertiary alicyclic amines) is 1. The molecule has 1 aliphatic heterocycles. The fourth-order valence-corrected chi connectivity index (χ4v) is 2.87. The number of methoxy groups -OCH3 is 1. The maximum atomic E-state index is 11.9. The van der Waals surface area contributed by atoms with Gasteiger partial charge in [0.2, 0.25) is 0 Å². The van der Waals surface area contributed by atoms with Crippen molar-refractivity contribution in [3.63, 3.8) is 0 Å². The van der Waals surface area contributed by atoms with Gasteiger partial charge in [0.05, 0.1) is 13.7 Å². The zero-order valence-corrected chi connectivity index (χ0v) is 13.7. The van der Waals surface area contributed by atoms with Crippen molar-refractivity contribution in [1.82, 2.24) is 10.2 Å². The third-order valence-electron chi connectivity index (χ3n) is 3.85. The third kappa shape index (κ3) is 5.90. The lowest BCUT2D eigenvalue weighted by Crippen LogP contribution is -2.51. The second kappa shape index (κ2) is 8.53. The van der Waals surface area contributed by atoms with Crippen LogP contribution in [0.25, 0.3) is 0 Å². The molecule has 1 aliphatic rings. The van der Waals surface area contributed by atoms with E-state index in [1.54, 1.807) is 0 Å². The Morgan fingerprint density at radius 3 is 2.70 bits per heavy atom. The summed E-state index contributed by atoms with van der Waals surface area (Å²) in [6, 6.07) is 9.53. The number of hydrogen-bond acceptors (Lipinski definition) is 5. The van der Waals surface area contributed by atoms with E-state index in [9.17, 15) is 9.59 Å². The number of nitrogens with one attached hydrogen (secondary N) is 1. The van der Waals surface area contributed by atoms with Gasteiger partial charge in [-0.3, -0.25) is 9.69 Å². The summed E-state index contributed by atoms with van der Waals surface area (Å²) in [7, 11) is 1.38. The normalized spacial score (nSPS) is 21.5. The summed E-state index contributed by atoms with van der Waals surface area (Å²) in [4.78, 5) is 25.3. The van der Waals surface area contributed by atoms with E-state index in [2.05, 4.69) is 12.2 Å². The van der Waals surface area contributed by atoms with Crippen LogP contribution in [0.3, 0.4) is 0 Å². The van der Waals surface area contributed by atoms with Crippen molar-refractivity contribution in [2.75, 3.05) is 26.7 Å². The lowest BCUT2D eigenvalue weighted by Gasteiger charge is -2.35. The summed E-state index contributed by atoms with van der Waals surface area (Å²) in [5, 5.41) is 2.89. The molecule has 6 heteroatoms. The first-order valence-electron chi connectivity index (χ1n) is 7.83. The number of rotatable bonds is 5. The van der Waals surface area contributed by atoms with Crippen LogP contribution in [0.15, 0.2) is 30.3 Å². The number of nitrogens with zero attached hydrogens (tertiary/aromatic N) is 1. The van der Waals surface area contributed by atoms with E-state index < -0.39 is 6.09 Å². The average Bonchev–Trinajstić information content (AvgIpc) is 2.53. The van der Waals surface area contributed by atoms with Gasteiger partial charge in [-0.05, 0) is 17.9 Å². The molecule has 2 atom stereocenters. The van der Waals surface area contributed by atoms with Crippen molar-refractivity contribution in [1.29, 1.82) is 0 Å². The van der Waals surface area contributed by atoms with Gasteiger partial charge in [-0.2, -0.15) is 0 Å². The SMILES string of the molecule is COC(=O)CN1CC(C)CC(NC(=O)OCc2ccccc2)C1. The summed E-state index contributed by atoms with van der Waals surface area (Å²) in [5.74, 6) is 0.136. The van der Waals surface area contributed by atoms with E-state index in [0.717, 1.165) is 18.5 Å². The lowest BCUT2D eigenvalue weighted by molar-refractivity contribution is -0.142. The standard InChI is InChI=1S/C17H24N2O4/c1-13-8-15(10-19(9-13)11-16(20)22-2)18-17(21)23-12-14-6-4-3-5-7-14/h3-7,13,15H,8-12H2,1-2H3,(H,18,21). The minimum atomic E-state index is -0.425. The predicted molar refractivity (Wildman–Crippen MR) is 85.8 cm³/mol. The van der Waals surface area contributed by atoms with Gasteiger partial charge < -0.3 is 14.8 Å². The minimum Gasteiger partial charge on any atom is -0.468 e. The molecule has 1 aromatic carbocycles. The van der Waals surface area contributed by atoms with Crippen LogP contribution in [0.2, 0.25) is 0 Å². The topological polar surface area (TPSA) is 67.9 Å². The molecular formula is C17H24N2O4. The minimum absolute atomic E-state index is 0.0216. The Labute approximate surface area is 136 Å². The average molecular weight is 320 g/mol. The van der Waals surface area contributed by atoms with Crippen LogP contribution in [0, 0.1) is 5.92 Å². The molecule has 23 heavy (non-hydrogen) atoms. The summed E-state index contributed by atoms with van der Waals surface area (Å²) in [6.07, 6.45) is 0.448. The number of alkyl carbamates (subject to hydrolysis) is 1. The molecule has 1 fully saturated rings. The van der Waals surface area contributed by atoms with E-state index >= 15 is 0 Å². The molecule has 2 unspecified atom stereocenters. The van der Waals surface area contributed by atoms with Crippen LogP contribution >= 0.6 is 0 Å². The highest BCUT2D eigenvalue weighted by Crippen LogP contribution is 2.16. The molecule has 2 rings (SSSR count). The van der Waals surface area contributed by atoms with E-state index in [4.69, 9.17) is 9.47 Å². The first kappa shape index (κ1) is 17.3. The predicted octanol–water partition coefficient (Wildman–Crippen LogP) is 1.80. The van der Waals surface area contributed by atoms with Crippen molar-refractivity contribution < 1.29 is 19.1 Å². The van der Waals surface area contributed by atoms with Crippen molar-refractivity contribution >= 4 is 12.1 Å². The van der Waals surface area contributed by atoms with Crippen molar-refractivity contribution in [3.8, 4) is 0 Å². The molecule has 6 nitrogen and oxygen atoms in total. The summed E-state index contributed by atoms with van der Waals surface area (Å²) in [5.41, 5.74) is 0.951. The van der Waals surface area contributed by atoms with Crippen LogP contribution in [0.1, 0.15) is 18.9 Å². The molecule has 0 spiro atoms. The molecule has 1 N–H and O–H groups in total.